The second-order valence-corrected chi connectivity index (χ2v) is 5.47. The van der Waals surface area contributed by atoms with Gasteiger partial charge in [-0.3, -0.25) is 0 Å². The highest BCUT2D eigenvalue weighted by Crippen LogP contribution is 2.22. The molecule has 0 saturated carbocycles. The summed E-state index contributed by atoms with van der Waals surface area (Å²) < 4.78 is 1.58. The van der Waals surface area contributed by atoms with Crippen molar-refractivity contribution < 1.29 is 9.90 Å². The van der Waals surface area contributed by atoms with Crippen LogP contribution in [0, 0.1) is 6.92 Å². The minimum atomic E-state index is -0.954. The van der Waals surface area contributed by atoms with Gasteiger partial charge in [-0.25, -0.2) is 4.79 Å². The average Bonchev–Trinajstić information content (AvgIpc) is 2.77. The molecule has 0 aliphatic heterocycles. The number of carboxylic acid groups (broad SMARTS) is 1. The van der Waals surface area contributed by atoms with Crippen molar-refractivity contribution in [3.8, 4) is 5.69 Å². The summed E-state index contributed by atoms with van der Waals surface area (Å²) in [5.41, 5.74) is 1.39. The third-order valence-electron chi connectivity index (χ3n) is 2.84. The minimum Gasteiger partial charge on any atom is -0.478 e. The number of aromatic nitrogens is 4. The molecule has 100 valence electrons. The molecule has 0 aliphatic carbocycles. The second-order valence-electron chi connectivity index (χ2n) is 5.47. The van der Waals surface area contributed by atoms with Gasteiger partial charge < -0.3 is 5.11 Å². The SMILES string of the molecule is Cc1ccc(-n2nnnc2C(C)(C)C)cc1C(=O)O. The molecule has 1 aromatic heterocycles. The lowest BCUT2D eigenvalue weighted by Crippen LogP contribution is -2.19. The van der Waals surface area contributed by atoms with E-state index in [1.54, 1.807) is 23.7 Å². The molecule has 2 aromatic rings. The maximum absolute atomic E-state index is 11.2. The molecule has 0 unspecified atom stereocenters. The smallest absolute Gasteiger partial charge is 0.336 e. The Morgan fingerprint density at radius 3 is 2.58 bits per heavy atom. The van der Waals surface area contributed by atoms with Crippen LogP contribution in [-0.4, -0.2) is 31.3 Å². The number of carbonyl (C=O) groups is 1. The van der Waals surface area contributed by atoms with Crippen molar-refractivity contribution in [2.75, 3.05) is 0 Å². The summed E-state index contributed by atoms with van der Waals surface area (Å²) in [4.78, 5) is 11.2. The Kier molecular flexibility index (Phi) is 3.09. The zero-order chi connectivity index (χ0) is 14.2. The van der Waals surface area contributed by atoms with Gasteiger partial charge in [-0.05, 0) is 35.0 Å². The van der Waals surface area contributed by atoms with Crippen LogP contribution in [0.25, 0.3) is 5.69 Å². The van der Waals surface area contributed by atoms with Crippen molar-refractivity contribution in [1.82, 2.24) is 20.2 Å². The number of benzene rings is 1. The Labute approximate surface area is 111 Å². The van der Waals surface area contributed by atoms with Crippen molar-refractivity contribution in [1.29, 1.82) is 0 Å². The molecule has 6 nitrogen and oxygen atoms in total. The first kappa shape index (κ1) is 13.2. The second kappa shape index (κ2) is 4.46. The molecule has 0 amide bonds. The van der Waals surface area contributed by atoms with E-state index in [2.05, 4.69) is 15.5 Å². The van der Waals surface area contributed by atoms with Crippen LogP contribution in [0.3, 0.4) is 0 Å². The van der Waals surface area contributed by atoms with Crippen LogP contribution in [0.15, 0.2) is 18.2 Å². The Hall–Kier alpha value is -2.24. The average molecular weight is 260 g/mol. The minimum absolute atomic E-state index is 0.224. The van der Waals surface area contributed by atoms with Gasteiger partial charge in [-0.15, -0.1) is 5.10 Å². The van der Waals surface area contributed by atoms with Crippen LogP contribution in [-0.2, 0) is 5.41 Å². The highest BCUT2D eigenvalue weighted by molar-refractivity contribution is 5.90. The molecule has 1 aromatic carbocycles. The quantitative estimate of drug-likeness (QED) is 0.892. The van der Waals surface area contributed by atoms with E-state index >= 15 is 0 Å². The van der Waals surface area contributed by atoms with Crippen LogP contribution in [0.5, 0.6) is 0 Å². The normalized spacial score (nSPS) is 11.6. The summed E-state index contributed by atoms with van der Waals surface area (Å²) in [6.45, 7) is 7.77. The fraction of sp³-hybridized carbons (Fsp3) is 0.385. The first-order valence-corrected chi connectivity index (χ1v) is 5.94. The maximum atomic E-state index is 11.2. The predicted molar refractivity (Wildman–Crippen MR) is 69.6 cm³/mol. The monoisotopic (exact) mass is 260 g/mol. The van der Waals surface area contributed by atoms with Gasteiger partial charge in [-0.1, -0.05) is 26.8 Å². The van der Waals surface area contributed by atoms with Gasteiger partial charge in [-0.2, -0.15) is 4.68 Å². The van der Waals surface area contributed by atoms with Crippen molar-refractivity contribution in [2.24, 2.45) is 0 Å². The lowest BCUT2D eigenvalue weighted by molar-refractivity contribution is 0.0696. The van der Waals surface area contributed by atoms with Crippen LogP contribution >= 0.6 is 0 Å². The summed E-state index contributed by atoms with van der Waals surface area (Å²) >= 11 is 0. The van der Waals surface area contributed by atoms with E-state index in [1.807, 2.05) is 26.8 Å². The van der Waals surface area contributed by atoms with Crippen LogP contribution in [0.4, 0.5) is 0 Å². The van der Waals surface area contributed by atoms with E-state index in [0.29, 0.717) is 17.1 Å². The molecule has 6 heteroatoms. The number of rotatable bonds is 2. The van der Waals surface area contributed by atoms with Gasteiger partial charge in [0.1, 0.15) is 0 Å². The fourth-order valence-electron chi connectivity index (χ4n) is 1.80. The first-order valence-electron chi connectivity index (χ1n) is 5.94. The van der Waals surface area contributed by atoms with Gasteiger partial charge in [0, 0.05) is 5.41 Å². The number of hydrogen-bond donors (Lipinski definition) is 1. The molecule has 1 heterocycles. The highest BCUT2D eigenvalue weighted by atomic mass is 16.4. The van der Waals surface area contributed by atoms with Crippen molar-refractivity contribution in [2.45, 2.75) is 33.1 Å². The number of carboxylic acids is 1. The van der Waals surface area contributed by atoms with E-state index < -0.39 is 5.97 Å². The van der Waals surface area contributed by atoms with E-state index in [1.165, 1.54) is 0 Å². The lowest BCUT2D eigenvalue weighted by atomic mass is 9.95. The summed E-state index contributed by atoms with van der Waals surface area (Å²) in [6.07, 6.45) is 0. The topological polar surface area (TPSA) is 80.9 Å². The summed E-state index contributed by atoms with van der Waals surface area (Å²) in [7, 11) is 0. The molecule has 1 N–H and O–H groups in total. The maximum Gasteiger partial charge on any atom is 0.336 e. The van der Waals surface area contributed by atoms with Gasteiger partial charge in [0.25, 0.3) is 0 Å². The van der Waals surface area contributed by atoms with Gasteiger partial charge in [0.05, 0.1) is 11.3 Å². The van der Waals surface area contributed by atoms with Crippen LogP contribution in [0.1, 0.15) is 42.5 Å². The van der Waals surface area contributed by atoms with Gasteiger partial charge in [0.2, 0.25) is 0 Å². The third-order valence-corrected chi connectivity index (χ3v) is 2.84. The molecule has 19 heavy (non-hydrogen) atoms. The standard InChI is InChI=1S/C13H16N4O2/c1-8-5-6-9(7-10(8)11(18)19)17-12(13(2,3)4)14-15-16-17/h5-7H,1-4H3,(H,18,19). The molecule has 0 fully saturated rings. The lowest BCUT2D eigenvalue weighted by Gasteiger charge is -2.17. The van der Waals surface area contributed by atoms with E-state index in [9.17, 15) is 4.79 Å². The third kappa shape index (κ3) is 2.47. The Bertz CT molecular complexity index is 626. The molecule has 0 radical (unpaired) electrons. The Morgan fingerprint density at radius 1 is 1.32 bits per heavy atom. The van der Waals surface area contributed by atoms with Gasteiger partial charge >= 0.3 is 5.97 Å². The van der Waals surface area contributed by atoms with Gasteiger partial charge in [0.15, 0.2) is 5.82 Å². The largest absolute Gasteiger partial charge is 0.478 e. The first-order chi connectivity index (χ1) is 8.80. The van der Waals surface area contributed by atoms with Crippen molar-refractivity contribution in [3.63, 3.8) is 0 Å². The molecule has 0 spiro atoms. The number of hydrogen-bond acceptors (Lipinski definition) is 4. The Morgan fingerprint density at radius 2 is 2.00 bits per heavy atom. The molecule has 0 aliphatic rings. The van der Waals surface area contributed by atoms with Crippen LogP contribution in [0.2, 0.25) is 0 Å². The fourth-order valence-corrected chi connectivity index (χ4v) is 1.80. The number of tetrazole rings is 1. The molecule has 0 saturated heterocycles. The highest BCUT2D eigenvalue weighted by Gasteiger charge is 2.23. The van der Waals surface area contributed by atoms with E-state index in [4.69, 9.17) is 5.11 Å². The molecular formula is C13H16N4O2. The van der Waals surface area contributed by atoms with Crippen molar-refractivity contribution in [3.05, 3.63) is 35.2 Å². The molecular weight excluding hydrogens is 244 g/mol. The summed E-state index contributed by atoms with van der Waals surface area (Å²) in [5.74, 6) is -0.266. The zero-order valence-corrected chi connectivity index (χ0v) is 11.4. The number of aromatic carboxylic acids is 1. The van der Waals surface area contributed by atoms with E-state index in [0.717, 1.165) is 0 Å². The zero-order valence-electron chi connectivity index (χ0n) is 11.4. The summed E-state index contributed by atoms with van der Waals surface area (Å²) in [6, 6.07) is 5.16. The predicted octanol–water partition coefficient (Wildman–Crippen LogP) is 1.97. The van der Waals surface area contributed by atoms with Crippen LogP contribution < -0.4 is 0 Å². The molecule has 0 atom stereocenters. The summed E-state index contributed by atoms with van der Waals surface area (Å²) in [5, 5.41) is 20.8. The van der Waals surface area contributed by atoms with Crippen molar-refractivity contribution >= 4 is 5.97 Å². The molecule has 2 rings (SSSR count). The molecule has 0 bridgehead atoms. The Balaban J connectivity index is 2.58. The van der Waals surface area contributed by atoms with E-state index in [-0.39, 0.29) is 11.0 Å². The number of aryl methyl sites for hydroxylation is 1. The number of nitrogens with zero attached hydrogens (tertiary/aromatic N) is 4.